The van der Waals surface area contributed by atoms with Crippen LogP contribution in [0.5, 0.6) is 0 Å². The van der Waals surface area contributed by atoms with Crippen LogP contribution < -0.4 is 4.72 Å². The van der Waals surface area contributed by atoms with E-state index >= 15 is 0 Å². The van der Waals surface area contributed by atoms with E-state index in [-0.39, 0.29) is 0 Å². The molecule has 1 aliphatic rings. The number of likely N-dealkylation sites (N-methyl/N-ethyl adjacent to an activating group) is 1. The smallest absolute Gasteiger partial charge is 0.301 e. The third-order valence-electron chi connectivity index (χ3n) is 3.00. The second kappa shape index (κ2) is 5.26. The zero-order valence-electron chi connectivity index (χ0n) is 10.5. The largest absolute Gasteiger partial charge is 0.304 e. The maximum atomic E-state index is 12.1. The predicted molar refractivity (Wildman–Crippen MR) is 72.5 cm³/mol. The van der Waals surface area contributed by atoms with E-state index in [4.69, 9.17) is 0 Å². The second-order valence-electron chi connectivity index (χ2n) is 4.51. The number of hydrogen-bond acceptors (Lipinski definition) is 3. The normalized spacial score (nSPS) is 18.8. The van der Waals surface area contributed by atoms with Crippen molar-refractivity contribution in [3.8, 4) is 0 Å². The molecule has 1 fully saturated rings. The van der Waals surface area contributed by atoms with E-state index in [1.165, 1.54) is 4.31 Å². The van der Waals surface area contributed by atoms with E-state index in [0.717, 1.165) is 18.7 Å². The summed E-state index contributed by atoms with van der Waals surface area (Å²) in [5.74, 6) is 0. The molecule has 1 radical (unpaired) electrons. The summed E-state index contributed by atoms with van der Waals surface area (Å²) in [4.78, 5) is 2.11. The summed E-state index contributed by atoms with van der Waals surface area (Å²) in [5, 5.41) is 0. The quantitative estimate of drug-likeness (QED) is 0.881. The van der Waals surface area contributed by atoms with Gasteiger partial charge in [0.05, 0.1) is 0 Å². The van der Waals surface area contributed by atoms with E-state index in [2.05, 4.69) is 16.5 Å². The number of piperazine rings is 1. The van der Waals surface area contributed by atoms with Gasteiger partial charge in [-0.3, -0.25) is 4.72 Å². The van der Waals surface area contributed by atoms with Crippen LogP contribution >= 0.6 is 0 Å². The van der Waals surface area contributed by atoms with Gasteiger partial charge in [-0.2, -0.15) is 12.7 Å². The first-order chi connectivity index (χ1) is 8.47. The van der Waals surface area contributed by atoms with E-state index in [1.54, 1.807) is 24.3 Å². The summed E-state index contributed by atoms with van der Waals surface area (Å²) in [7, 11) is -1.45. The van der Waals surface area contributed by atoms with Gasteiger partial charge in [-0.1, -0.05) is 12.1 Å². The van der Waals surface area contributed by atoms with Gasteiger partial charge in [0.15, 0.2) is 0 Å². The molecule has 0 saturated carbocycles. The highest BCUT2D eigenvalue weighted by Crippen LogP contribution is 2.14. The fraction of sp³-hybridized carbons (Fsp3) is 0.417. The molecule has 1 heterocycles. The molecule has 0 aromatic heterocycles. The monoisotopic (exact) mass is 268 g/mol. The van der Waals surface area contributed by atoms with E-state index in [0.29, 0.717) is 18.8 Å². The summed E-state index contributed by atoms with van der Waals surface area (Å²) in [6, 6.07) is 7.00. The Kier molecular flexibility index (Phi) is 3.89. The first-order valence-corrected chi connectivity index (χ1v) is 7.30. The lowest BCUT2D eigenvalue weighted by molar-refractivity contribution is 0.223. The van der Waals surface area contributed by atoms with Crippen molar-refractivity contribution in [2.45, 2.75) is 0 Å². The Morgan fingerprint density at radius 3 is 2.22 bits per heavy atom. The number of nitrogens with zero attached hydrogens (tertiary/aromatic N) is 2. The highest BCUT2D eigenvalue weighted by Gasteiger charge is 2.25. The minimum atomic E-state index is -3.44. The Hall–Kier alpha value is -1.11. The molecule has 6 heteroatoms. The maximum absolute atomic E-state index is 12.1. The summed E-state index contributed by atoms with van der Waals surface area (Å²) in [6.07, 6.45) is 0. The highest BCUT2D eigenvalue weighted by atomic mass is 32.2. The van der Waals surface area contributed by atoms with Crippen LogP contribution in [0.3, 0.4) is 0 Å². The van der Waals surface area contributed by atoms with Crippen LogP contribution in [0.25, 0.3) is 0 Å². The summed E-state index contributed by atoms with van der Waals surface area (Å²) >= 11 is 0. The van der Waals surface area contributed by atoms with Crippen molar-refractivity contribution >= 4 is 15.9 Å². The van der Waals surface area contributed by atoms with E-state index in [9.17, 15) is 8.42 Å². The highest BCUT2D eigenvalue weighted by molar-refractivity contribution is 7.90. The van der Waals surface area contributed by atoms with Crippen LogP contribution in [0, 0.1) is 6.92 Å². The standard InChI is InChI=1S/C12H18N3O2S/c1-11-3-5-12(6-4-11)13-18(16,17)15-9-7-14(2)8-10-15/h3-6,13H,1,7-10H2,2H3. The molecule has 0 aliphatic carbocycles. The van der Waals surface area contributed by atoms with Gasteiger partial charge in [0.1, 0.15) is 0 Å². The van der Waals surface area contributed by atoms with Gasteiger partial charge < -0.3 is 4.90 Å². The van der Waals surface area contributed by atoms with Crippen molar-refractivity contribution in [2.75, 3.05) is 37.9 Å². The minimum absolute atomic E-state index is 0.527. The second-order valence-corrected chi connectivity index (χ2v) is 6.18. The van der Waals surface area contributed by atoms with Crippen LogP contribution in [0.1, 0.15) is 5.56 Å². The summed E-state index contributed by atoms with van der Waals surface area (Å²) < 4.78 is 28.3. The number of anilines is 1. The van der Waals surface area contributed by atoms with Gasteiger partial charge >= 0.3 is 10.2 Å². The minimum Gasteiger partial charge on any atom is -0.304 e. The SMILES string of the molecule is [CH2]c1ccc(NS(=O)(=O)N2CCN(C)CC2)cc1. The van der Waals surface area contributed by atoms with Crippen molar-refractivity contribution in [2.24, 2.45) is 0 Å². The molecule has 1 N–H and O–H groups in total. The van der Waals surface area contributed by atoms with Crippen molar-refractivity contribution in [1.82, 2.24) is 9.21 Å². The molecule has 0 spiro atoms. The Bertz CT molecular complexity index is 491. The van der Waals surface area contributed by atoms with Crippen LogP contribution in [-0.4, -0.2) is 50.8 Å². The molecule has 0 amide bonds. The van der Waals surface area contributed by atoms with Gasteiger partial charge in [-0.15, -0.1) is 0 Å². The molecule has 5 nitrogen and oxygen atoms in total. The third kappa shape index (κ3) is 3.22. The Balaban J connectivity index is 2.05. The van der Waals surface area contributed by atoms with Crippen LogP contribution in [-0.2, 0) is 10.2 Å². The molecule has 1 aliphatic heterocycles. The lowest BCUT2D eigenvalue weighted by Crippen LogP contribution is -2.48. The molecule has 0 atom stereocenters. The molecule has 1 saturated heterocycles. The van der Waals surface area contributed by atoms with Gasteiger partial charge in [-0.25, -0.2) is 0 Å². The topological polar surface area (TPSA) is 52.7 Å². The molecular formula is C12H18N3O2S. The fourth-order valence-corrected chi connectivity index (χ4v) is 3.02. The van der Waals surface area contributed by atoms with Gasteiger partial charge in [0.25, 0.3) is 0 Å². The van der Waals surface area contributed by atoms with Crippen LogP contribution in [0.2, 0.25) is 0 Å². The first-order valence-electron chi connectivity index (χ1n) is 5.86. The third-order valence-corrected chi connectivity index (χ3v) is 4.54. The molecule has 1 aromatic rings. The molecule has 0 bridgehead atoms. The number of hydrogen-bond donors (Lipinski definition) is 1. The molecule has 1 aromatic carbocycles. The summed E-state index contributed by atoms with van der Waals surface area (Å²) in [6.45, 7) is 6.34. The average Bonchev–Trinajstić information content (AvgIpc) is 2.32. The molecule has 18 heavy (non-hydrogen) atoms. The average molecular weight is 268 g/mol. The summed E-state index contributed by atoms with van der Waals surface area (Å²) in [5.41, 5.74) is 1.43. The van der Waals surface area contributed by atoms with Crippen molar-refractivity contribution in [3.05, 3.63) is 36.8 Å². The zero-order chi connectivity index (χ0) is 13.2. The Labute approximate surface area is 109 Å². The Morgan fingerprint density at radius 1 is 1.11 bits per heavy atom. The van der Waals surface area contributed by atoms with Gasteiger partial charge in [0.2, 0.25) is 0 Å². The predicted octanol–water partition coefficient (Wildman–Crippen LogP) is 0.773. The van der Waals surface area contributed by atoms with Gasteiger partial charge in [-0.05, 0) is 31.7 Å². The first kappa shape index (κ1) is 13.3. The van der Waals surface area contributed by atoms with Gasteiger partial charge in [0, 0.05) is 31.9 Å². The number of benzene rings is 1. The number of rotatable bonds is 3. The number of nitrogens with one attached hydrogen (secondary N) is 1. The van der Waals surface area contributed by atoms with E-state index in [1.807, 2.05) is 7.05 Å². The fourth-order valence-electron chi connectivity index (χ4n) is 1.81. The maximum Gasteiger partial charge on any atom is 0.301 e. The van der Waals surface area contributed by atoms with E-state index < -0.39 is 10.2 Å². The molecule has 2 rings (SSSR count). The van der Waals surface area contributed by atoms with Crippen molar-refractivity contribution < 1.29 is 8.42 Å². The lowest BCUT2D eigenvalue weighted by atomic mass is 10.2. The van der Waals surface area contributed by atoms with Crippen LogP contribution in [0.15, 0.2) is 24.3 Å². The van der Waals surface area contributed by atoms with Crippen LogP contribution in [0.4, 0.5) is 5.69 Å². The lowest BCUT2D eigenvalue weighted by Gasteiger charge is -2.31. The molecule has 0 unspecified atom stereocenters. The Morgan fingerprint density at radius 2 is 1.67 bits per heavy atom. The molecule has 99 valence electrons. The van der Waals surface area contributed by atoms with Crippen molar-refractivity contribution in [3.63, 3.8) is 0 Å². The van der Waals surface area contributed by atoms with Crippen molar-refractivity contribution in [1.29, 1.82) is 0 Å². The molecular weight excluding hydrogens is 250 g/mol. The zero-order valence-corrected chi connectivity index (χ0v) is 11.3.